The maximum Gasteiger partial charge on any atom is 0.174 e. The largest absolute Gasteiger partial charge is 0.297 e. The lowest BCUT2D eigenvalue weighted by molar-refractivity contribution is -0.124. The molecule has 21 heavy (non-hydrogen) atoms. The Morgan fingerprint density at radius 1 is 1.05 bits per heavy atom. The summed E-state index contributed by atoms with van der Waals surface area (Å²) in [6.45, 7) is 8.15. The van der Waals surface area contributed by atoms with Gasteiger partial charge in [0, 0.05) is 5.57 Å². The molecular weight excluding hydrogens is 260 g/mol. The number of hydrogen-bond acceptors (Lipinski definition) is 2. The zero-order chi connectivity index (χ0) is 15.1. The summed E-state index contributed by atoms with van der Waals surface area (Å²) in [5.41, 5.74) is 3.30. The molecule has 0 aliphatic heterocycles. The lowest BCUT2D eigenvalue weighted by atomic mass is 9.88. The van der Waals surface area contributed by atoms with Crippen LogP contribution in [0.3, 0.4) is 0 Å². The van der Waals surface area contributed by atoms with Gasteiger partial charge in [-0.1, -0.05) is 62.9 Å². The van der Waals surface area contributed by atoms with Crippen molar-refractivity contribution in [3.8, 4) is 0 Å². The first-order valence-corrected chi connectivity index (χ1v) is 7.25. The number of carbonyl (C=O) groups is 2. The molecule has 3 rings (SSSR count). The molecule has 0 spiro atoms. The number of fused-ring (bicyclic) bond motifs is 1. The Kier molecular flexibility index (Phi) is 3.25. The Labute approximate surface area is 124 Å². The van der Waals surface area contributed by atoms with Gasteiger partial charge in [-0.05, 0) is 22.6 Å². The van der Waals surface area contributed by atoms with Crippen LogP contribution in [0.2, 0.25) is 0 Å². The highest BCUT2D eigenvalue weighted by molar-refractivity contribution is 6.25. The highest BCUT2D eigenvalue weighted by atomic mass is 16.2. The molecule has 1 fully saturated rings. The van der Waals surface area contributed by atoms with Crippen LogP contribution in [-0.2, 0) is 9.59 Å². The van der Waals surface area contributed by atoms with Crippen molar-refractivity contribution in [2.45, 2.75) is 25.7 Å². The molecule has 0 amide bonds. The van der Waals surface area contributed by atoms with Crippen molar-refractivity contribution < 1.29 is 9.59 Å². The highest BCUT2D eigenvalue weighted by Crippen LogP contribution is 2.41. The number of benzene rings is 1. The Balaban J connectivity index is 1.98. The minimum absolute atomic E-state index is 0.0436. The number of allylic oxidation sites excluding steroid dienone is 5. The maximum absolute atomic E-state index is 12.6. The molecule has 0 bridgehead atoms. The predicted octanol–water partition coefficient (Wildman–Crippen LogP) is 3.71. The number of hydrogen-bond donors (Lipinski definition) is 0. The molecule has 2 atom stereocenters. The molecular formula is C19H18O2. The van der Waals surface area contributed by atoms with Crippen molar-refractivity contribution in [2.75, 3.05) is 0 Å². The topological polar surface area (TPSA) is 34.1 Å². The van der Waals surface area contributed by atoms with Crippen molar-refractivity contribution >= 4 is 11.6 Å². The van der Waals surface area contributed by atoms with Crippen LogP contribution in [0.1, 0.15) is 36.8 Å². The van der Waals surface area contributed by atoms with E-state index in [-0.39, 0.29) is 11.6 Å². The van der Waals surface area contributed by atoms with Gasteiger partial charge in [0.2, 0.25) is 0 Å². The average molecular weight is 278 g/mol. The fraction of sp³-hybridized carbons (Fsp3) is 0.263. The van der Waals surface area contributed by atoms with Crippen LogP contribution in [0.5, 0.6) is 0 Å². The smallest absolute Gasteiger partial charge is 0.174 e. The van der Waals surface area contributed by atoms with Crippen molar-refractivity contribution in [1.29, 1.82) is 0 Å². The van der Waals surface area contributed by atoms with E-state index in [4.69, 9.17) is 0 Å². The van der Waals surface area contributed by atoms with Crippen molar-refractivity contribution in [1.82, 2.24) is 0 Å². The summed E-state index contributed by atoms with van der Waals surface area (Å²) in [7, 11) is 0. The normalized spacial score (nSPS) is 24.5. The van der Waals surface area contributed by atoms with Crippen LogP contribution in [0.4, 0.5) is 0 Å². The molecule has 0 aromatic heterocycles. The van der Waals surface area contributed by atoms with Gasteiger partial charge < -0.3 is 0 Å². The van der Waals surface area contributed by atoms with E-state index in [1.807, 2.05) is 30.3 Å². The van der Waals surface area contributed by atoms with Gasteiger partial charge >= 0.3 is 0 Å². The van der Waals surface area contributed by atoms with Gasteiger partial charge in [-0.3, -0.25) is 9.59 Å². The van der Waals surface area contributed by atoms with E-state index in [0.717, 1.165) is 5.56 Å². The highest BCUT2D eigenvalue weighted by Gasteiger charge is 2.47. The van der Waals surface area contributed by atoms with Gasteiger partial charge in [-0.25, -0.2) is 0 Å². The minimum Gasteiger partial charge on any atom is -0.297 e. The van der Waals surface area contributed by atoms with Crippen LogP contribution in [0.15, 0.2) is 60.2 Å². The molecule has 1 aromatic rings. The fourth-order valence-corrected chi connectivity index (χ4v) is 3.08. The molecule has 0 N–H and O–H groups in total. The first kappa shape index (κ1) is 13.7. The first-order valence-electron chi connectivity index (χ1n) is 7.25. The molecule has 2 aliphatic carbocycles. The Morgan fingerprint density at radius 3 is 2.29 bits per heavy atom. The molecule has 1 saturated carbocycles. The molecule has 106 valence electrons. The maximum atomic E-state index is 12.6. The van der Waals surface area contributed by atoms with Gasteiger partial charge in [-0.15, -0.1) is 0 Å². The molecule has 2 aliphatic rings. The van der Waals surface area contributed by atoms with E-state index in [9.17, 15) is 9.59 Å². The standard InChI is InChI=1S/C19H18O2/c1-11(2)13-7-9-14(10-8-13)17-18(20)15-6-4-5-12(3)16(15)19(17)21/h4-11,16-17H,3H2,1-2H3. The van der Waals surface area contributed by atoms with Gasteiger partial charge in [0.25, 0.3) is 0 Å². The van der Waals surface area contributed by atoms with Gasteiger partial charge in [0.15, 0.2) is 11.6 Å². The lowest BCUT2D eigenvalue weighted by Gasteiger charge is -2.13. The quantitative estimate of drug-likeness (QED) is 0.773. The predicted molar refractivity (Wildman–Crippen MR) is 83.1 cm³/mol. The van der Waals surface area contributed by atoms with E-state index >= 15 is 0 Å². The lowest BCUT2D eigenvalue weighted by Crippen LogP contribution is -2.16. The number of carbonyl (C=O) groups excluding carboxylic acids is 2. The zero-order valence-electron chi connectivity index (χ0n) is 12.3. The average Bonchev–Trinajstić information content (AvgIpc) is 2.72. The third-order valence-corrected chi connectivity index (χ3v) is 4.32. The van der Waals surface area contributed by atoms with Gasteiger partial charge in [-0.2, -0.15) is 0 Å². The monoisotopic (exact) mass is 278 g/mol. The van der Waals surface area contributed by atoms with E-state index in [1.54, 1.807) is 12.2 Å². The zero-order valence-corrected chi connectivity index (χ0v) is 12.3. The SMILES string of the molecule is C=C1C=CC=C2C(=O)C(c3ccc(C(C)C)cc3)C(=O)C12. The second-order valence-electron chi connectivity index (χ2n) is 6.01. The minimum atomic E-state index is -0.667. The molecule has 2 heteroatoms. The third kappa shape index (κ3) is 2.11. The molecule has 2 unspecified atom stereocenters. The van der Waals surface area contributed by atoms with Gasteiger partial charge in [0.1, 0.15) is 5.92 Å². The van der Waals surface area contributed by atoms with E-state index in [2.05, 4.69) is 20.4 Å². The molecule has 1 aromatic carbocycles. The summed E-state index contributed by atoms with van der Waals surface area (Å²) in [4.78, 5) is 25.2. The second kappa shape index (κ2) is 4.96. The first-order chi connectivity index (χ1) is 10.0. The van der Waals surface area contributed by atoms with E-state index < -0.39 is 11.8 Å². The number of Topliss-reactive ketones (excluding diaryl/α,β-unsaturated/α-hetero) is 2. The Bertz CT molecular complexity index is 687. The summed E-state index contributed by atoms with van der Waals surface area (Å²) >= 11 is 0. The third-order valence-electron chi connectivity index (χ3n) is 4.32. The number of ketones is 2. The van der Waals surface area contributed by atoms with Crippen LogP contribution in [0.25, 0.3) is 0 Å². The van der Waals surface area contributed by atoms with E-state index in [1.165, 1.54) is 5.56 Å². The van der Waals surface area contributed by atoms with Crippen molar-refractivity contribution in [3.63, 3.8) is 0 Å². The Morgan fingerprint density at radius 2 is 1.71 bits per heavy atom. The van der Waals surface area contributed by atoms with Crippen molar-refractivity contribution in [2.24, 2.45) is 5.92 Å². The summed E-state index contributed by atoms with van der Waals surface area (Å²) in [5, 5.41) is 0. The van der Waals surface area contributed by atoms with Crippen LogP contribution in [0, 0.1) is 5.92 Å². The molecule has 0 radical (unpaired) electrons. The van der Waals surface area contributed by atoms with Crippen molar-refractivity contribution in [3.05, 3.63) is 71.3 Å². The summed E-state index contributed by atoms with van der Waals surface area (Å²) in [6, 6.07) is 7.82. The number of rotatable bonds is 2. The summed E-state index contributed by atoms with van der Waals surface area (Å²) in [5.74, 6) is -0.801. The summed E-state index contributed by atoms with van der Waals surface area (Å²) in [6.07, 6.45) is 5.36. The second-order valence-corrected chi connectivity index (χ2v) is 6.01. The van der Waals surface area contributed by atoms with Crippen LogP contribution < -0.4 is 0 Å². The fourth-order valence-electron chi connectivity index (χ4n) is 3.08. The van der Waals surface area contributed by atoms with E-state index in [0.29, 0.717) is 17.1 Å². The Hall–Kier alpha value is -2.22. The van der Waals surface area contributed by atoms with Crippen LogP contribution >= 0.6 is 0 Å². The summed E-state index contributed by atoms with van der Waals surface area (Å²) < 4.78 is 0. The molecule has 0 heterocycles. The molecule has 0 saturated heterocycles. The van der Waals surface area contributed by atoms with Crippen LogP contribution in [-0.4, -0.2) is 11.6 Å². The van der Waals surface area contributed by atoms with Gasteiger partial charge in [0.05, 0.1) is 5.92 Å². The molecule has 2 nitrogen and oxygen atoms in total.